The zero-order valence-electron chi connectivity index (χ0n) is 14.3. The number of thiocarbonyl (C=S) groups is 1. The zero-order valence-corrected chi connectivity index (χ0v) is 15.9. The number of nitrogens with one attached hydrogen (secondary N) is 1. The summed E-state index contributed by atoms with van der Waals surface area (Å²) in [6.45, 7) is 2.27. The molecule has 1 saturated heterocycles. The fourth-order valence-corrected chi connectivity index (χ4v) is 6.32. The predicted octanol–water partition coefficient (Wildman–Crippen LogP) is 2.06. The van der Waals surface area contributed by atoms with Crippen molar-refractivity contribution in [1.82, 2.24) is 14.5 Å². The molecule has 3 atom stereocenters. The summed E-state index contributed by atoms with van der Waals surface area (Å²) in [5.41, 5.74) is 0. The number of piperazine rings is 1. The third kappa shape index (κ3) is 3.41. The summed E-state index contributed by atoms with van der Waals surface area (Å²) < 4.78 is 26.9. The first-order chi connectivity index (χ1) is 12.0. The summed E-state index contributed by atoms with van der Waals surface area (Å²) >= 11 is 5.60. The Hall–Kier alpha value is -1.18. The highest BCUT2D eigenvalue weighted by molar-refractivity contribution is 7.89. The van der Waals surface area contributed by atoms with Gasteiger partial charge in [0, 0.05) is 32.2 Å². The highest BCUT2D eigenvalue weighted by atomic mass is 32.2. The second-order valence-corrected chi connectivity index (χ2v) is 9.76. The van der Waals surface area contributed by atoms with E-state index in [1.54, 1.807) is 28.6 Å². The minimum Gasteiger partial charge on any atom is -0.360 e. The Morgan fingerprint density at radius 2 is 1.76 bits per heavy atom. The molecule has 0 amide bonds. The van der Waals surface area contributed by atoms with Crippen LogP contribution in [0.1, 0.15) is 25.7 Å². The van der Waals surface area contributed by atoms with Gasteiger partial charge >= 0.3 is 0 Å². The van der Waals surface area contributed by atoms with Crippen molar-refractivity contribution < 1.29 is 8.42 Å². The number of hydrogen-bond donors (Lipinski definition) is 1. The Bertz CT molecular complexity index is 730. The molecule has 4 rings (SSSR count). The van der Waals surface area contributed by atoms with Crippen LogP contribution in [0.5, 0.6) is 0 Å². The van der Waals surface area contributed by atoms with Crippen LogP contribution in [0.4, 0.5) is 0 Å². The summed E-state index contributed by atoms with van der Waals surface area (Å²) in [6, 6.07) is 9.19. The van der Waals surface area contributed by atoms with Crippen LogP contribution in [0.25, 0.3) is 0 Å². The quantitative estimate of drug-likeness (QED) is 0.815. The van der Waals surface area contributed by atoms with Gasteiger partial charge in [-0.2, -0.15) is 4.31 Å². The predicted molar refractivity (Wildman–Crippen MR) is 102 cm³/mol. The fraction of sp³-hybridized carbons (Fsp3) is 0.611. The Balaban J connectivity index is 1.33. The lowest BCUT2D eigenvalue weighted by molar-refractivity contribution is 0.258. The lowest BCUT2D eigenvalue weighted by Gasteiger charge is -2.37. The molecule has 3 unspecified atom stereocenters. The number of rotatable bonds is 3. The molecule has 7 heteroatoms. The van der Waals surface area contributed by atoms with Crippen molar-refractivity contribution in [3.8, 4) is 0 Å². The van der Waals surface area contributed by atoms with E-state index < -0.39 is 10.0 Å². The second-order valence-electron chi connectivity index (χ2n) is 7.44. The molecule has 25 heavy (non-hydrogen) atoms. The van der Waals surface area contributed by atoms with Gasteiger partial charge in [0.15, 0.2) is 5.11 Å². The SMILES string of the molecule is O=S(=O)(c1ccccc1)N1CCN(C(=S)NC2CC3CCC2C3)CC1. The monoisotopic (exact) mass is 379 g/mol. The highest BCUT2D eigenvalue weighted by Crippen LogP contribution is 2.44. The molecule has 3 fully saturated rings. The maximum atomic E-state index is 12.7. The van der Waals surface area contributed by atoms with Gasteiger partial charge in [-0.05, 0) is 55.4 Å². The molecule has 1 aliphatic heterocycles. The molecule has 1 heterocycles. The van der Waals surface area contributed by atoms with E-state index in [1.165, 1.54) is 25.7 Å². The van der Waals surface area contributed by atoms with Crippen LogP contribution in [0.2, 0.25) is 0 Å². The Morgan fingerprint density at radius 1 is 1.04 bits per heavy atom. The van der Waals surface area contributed by atoms with E-state index in [2.05, 4.69) is 10.2 Å². The second kappa shape index (κ2) is 6.85. The van der Waals surface area contributed by atoms with Gasteiger partial charge in [-0.25, -0.2) is 8.42 Å². The summed E-state index contributed by atoms with van der Waals surface area (Å²) in [4.78, 5) is 2.49. The summed E-state index contributed by atoms with van der Waals surface area (Å²) in [7, 11) is -3.40. The van der Waals surface area contributed by atoms with Gasteiger partial charge in [0.25, 0.3) is 0 Å². The number of benzene rings is 1. The molecule has 136 valence electrons. The Labute approximate surface area is 155 Å². The van der Waals surface area contributed by atoms with Crippen LogP contribution < -0.4 is 5.32 Å². The van der Waals surface area contributed by atoms with Gasteiger partial charge in [0.2, 0.25) is 10.0 Å². The Kier molecular flexibility index (Phi) is 4.73. The largest absolute Gasteiger partial charge is 0.360 e. The minimum absolute atomic E-state index is 0.367. The molecule has 1 N–H and O–H groups in total. The summed E-state index contributed by atoms with van der Waals surface area (Å²) in [6.07, 6.45) is 5.30. The molecule has 1 aromatic carbocycles. The minimum atomic E-state index is -3.40. The molecule has 2 saturated carbocycles. The lowest BCUT2D eigenvalue weighted by atomic mass is 9.95. The van der Waals surface area contributed by atoms with Crippen molar-refractivity contribution in [3.63, 3.8) is 0 Å². The summed E-state index contributed by atoms with van der Waals surface area (Å²) in [5, 5.41) is 4.35. The fourth-order valence-electron chi connectivity index (χ4n) is 4.54. The number of hydrogen-bond acceptors (Lipinski definition) is 3. The molecule has 0 radical (unpaired) electrons. The number of sulfonamides is 1. The Morgan fingerprint density at radius 3 is 2.36 bits per heavy atom. The van der Waals surface area contributed by atoms with E-state index in [-0.39, 0.29) is 0 Å². The van der Waals surface area contributed by atoms with Crippen LogP contribution in [0.3, 0.4) is 0 Å². The average Bonchev–Trinajstić information content (AvgIpc) is 3.25. The standard InChI is InChI=1S/C18H25N3O2S2/c22-25(23,16-4-2-1-3-5-16)21-10-8-20(9-11-21)18(24)19-17-13-14-6-7-15(17)12-14/h1-5,14-15,17H,6-13H2,(H,19,24). The third-order valence-electron chi connectivity index (χ3n) is 5.95. The molecule has 1 aromatic rings. The smallest absolute Gasteiger partial charge is 0.243 e. The van der Waals surface area contributed by atoms with Gasteiger partial charge in [-0.3, -0.25) is 0 Å². The van der Waals surface area contributed by atoms with Gasteiger partial charge in [-0.15, -0.1) is 0 Å². The van der Waals surface area contributed by atoms with Gasteiger partial charge < -0.3 is 10.2 Å². The van der Waals surface area contributed by atoms with Crippen LogP contribution in [-0.2, 0) is 10.0 Å². The van der Waals surface area contributed by atoms with Gasteiger partial charge in [-0.1, -0.05) is 24.6 Å². The van der Waals surface area contributed by atoms with Crippen LogP contribution in [0.15, 0.2) is 35.2 Å². The maximum absolute atomic E-state index is 12.7. The van der Waals surface area contributed by atoms with Crippen molar-refractivity contribution in [2.24, 2.45) is 11.8 Å². The van der Waals surface area contributed by atoms with Gasteiger partial charge in [0.1, 0.15) is 0 Å². The first-order valence-corrected chi connectivity index (χ1v) is 11.0. The average molecular weight is 380 g/mol. The molecule has 3 aliphatic rings. The molecular formula is C18H25N3O2S2. The van der Waals surface area contributed by atoms with E-state index in [1.807, 2.05) is 6.07 Å². The first-order valence-electron chi connectivity index (χ1n) is 9.14. The van der Waals surface area contributed by atoms with Crippen LogP contribution in [-0.4, -0.2) is 55.0 Å². The van der Waals surface area contributed by atoms with Crippen molar-refractivity contribution in [3.05, 3.63) is 30.3 Å². The topological polar surface area (TPSA) is 52.7 Å². The van der Waals surface area contributed by atoms with E-state index in [0.29, 0.717) is 37.1 Å². The number of fused-ring (bicyclic) bond motifs is 2. The summed E-state index contributed by atoms with van der Waals surface area (Å²) in [5.74, 6) is 1.67. The first kappa shape index (κ1) is 17.2. The normalized spacial score (nSPS) is 29.8. The van der Waals surface area contributed by atoms with Crippen LogP contribution in [0, 0.1) is 11.8 Å². The van der Waals surface area contributed by atoms with E-state index in [9.17, 15) is 8.42 Å². The molecular weight excluding hydrogens is 354 g/mol. The maximum Gasteiger partial charge on any atom is 0.243 e. The molecule has 5 nitrogen and oxygen atoms in total. The van der Waals surface area contributed by atoms with Crippen molar-refractivity contribution in [2.45, 2.75) is 36.6 Å². The van der Waals surface area contributed by atoms with E-state index in [4.69, 9.17) is 12.2 Å². The van der Waals surface area contributed by atoms with Crippen molar-refractivity contribution in [1.29, 1.82) is 0 Å². The van der Waals surface area contributed by atoms with Gasteiger partial charge in [0.05, 0.1) is 4.90 Å². The van der Waals surface area contributed by atoms with Crippen molar-refractivity contribution in [2.75, 3.05) is 26.2 Å². The molecule has 0 aromatic heterocycles. The third-order valence-corrected chi connectivity index (χ3v) is 8.24. The molecule has 2 aliphatic carbocycles. The molecule has 2 bridgehead atoms. The highest BCUT2D eigenvalue weighted by Gasteiger charge is 2.40. The zero-order chi connectivity index (χ0) is 17.4. The lowest BCUT2D eigenvalue weighted by Crippen LogP contribution is -2.54. The number of nitrogens with zero attached hydrogens (tertiary/aromatic N) is 2. The van der Waals surface area contributed by atoms with Crippen LogP contribution >= 0.6 is 12.2 Å². The molecule has 0 spiro atoms. The van der Waals surface area contributed by atoms with Crippen molar-refractivity contribution >= 4 is 27.4 Å². The van der Waals surface area contributed by atoms with E-state index >= 15 is 0 Å². The van der Waals surface area contributed by atoms with E-state index in [0.717, 1.165) is 16.9 Å².